The van der Waals surface area contributed by atoms with E-state index in [4.69, 9.17) is 5.26 Å². The van der Waals surface area contributed by atoms with Gasteiger partial charge in [0.25, 0.3) is 0 Å². The maximum absolute atomic E-state index is 10.4. The van der Waals surface area contributed by atoms with E-state index in [9.17, 15) is 9.90 Å². The molecule has 0 saturated carbocycles. The molecule has 0 fully saturated rings. The van der Waals surface area contributed by atoms with Gasteiger partial charge < -0.3 is 9.90 Å². The van der Waals surface area contributed by atoms with Gasteiger partial charge in [0, 0.05) is 6.20 Å². The molecular weight excluding hydrogens is 179 g/mol. The Kier molecular flexibility index (Phi) is 4.63. The van der Waals surface area contributed by atoms with E-state index >= 15 is 0 Å². The Morgan fingerprint density at radius 3 is 2.69 bits per heavy atom. The van der Waals surface area contributed by atoms with E-state index in [1.165, 1.54) is 12.3 Å². The molecule has 13 heavy (non-hydrogen) atoms. The molecule has 0 radical (unpaired) electrons. The molecule has 1 heterocycles. The van der Waals surface area contributed by atoms with Crippen molar-refractivity contribution in [2.75, 3.05) is 0 Å². The number of aromatic nitrogens is 1. The fourth-order valence-corrected chi connectivity index (χ4v) is 0.850. The number of carboxylic acids is 1. The van der Waals surface area contributed by atoms with Crippen molar-refractivity contribution in [1.82, 2.24) is 4.98 Å². The number of rotatable bonds is 1. The second-order valence-corrected chi connectivity index (χ2v) is 2.29. The summed E-state index contributed by atoms with van der Waals surface area (Å²) in [6, 6.07) is 3.31. The van der Waals surface area contributed by atoms with Crippen LogP contribution in [-0.4, -0.2) is 11.0 Å². The molecule has 0 amide bonds. The van der Waals surface area contributed by atoms with Crippen molar-refractivity contribution in [2.45, 2.75) is 6.92 Å². The molecule has 4 nitrogen and oxygen atoms in total. The zero-order valence-corrected chi connectivity index (χ0v) is 9.37. The van der Waals surface area contributed by atoms with Gasteiger partial charge in [0.1, 0.15) is 6.07 Å². The van der Waals surface area contributed by atoms with E-state index < -0.39 is 5.97 Å². The fourth-order valence-electron chi connectivity index (χ4n) is 0.850. The molecule has 1 rings (SSSR count). The molecule has 0 unspecified atom stereocenters. The molecule has 0 aliphatic heterocycles. The smallest absolute Gasteiger partial charge is 0.543 e. The summed E-state index contributed by atoms with van der Waals surface area (Å²) >= 11 is 0. The number of aryl methyl sites for hydroxylation is 1. The normalized spacial score (nSPS) is 8.31. The molecular formula is C8H5N2NaO2. The van der Waals surface area contributed by atoms with Gasteiger partial charge >= 0.3 is 29.6 Å². The molecule has 0 aromatic carbocycles. The van der Waals surface area contributed by atoms with Crippen LogP contribution in [0.5, 0.6) is 0 Å². The topological polar surface area (TPSA) is 76.8 Å². The third-order valence-electron chi connectivity index (χ3n) is 1.40. The van der Waals surface area contributed by atoms with E-state index in [0.717, 1.165) is 0 Å². The quantitative estimate of drug-likeness (QED) is 0.427. The van der Waals surface area contributed by atoms with Gasteiger partial charge in [-0.25, -0.2) is 0 Å². The van der Waals surface area contributed by atoms with Crippen molar-refractivity contribution in [3.05, 3.63) is 29.1 Å². The number of pyridine rings is 1. The van der Waals surface area contributed by atoms with Crippen molar-refractivity contribution in [3.63, 3.8) is 0 Å². The SMILES string of the molecule is Cc1cc(C#N)cnc1C(=O)[O-].[Na+]. The van der Waals surface area contributed by atoms with Crippen LogP contribution in [-0.2, 0) is 0 Å². The number of hydrogen-bond acceptors (Lipinski definition) is 4. The molecule has 0 atom stereocenters. The van der Waals surface area contributed by atoms with Crippen LogP contribution in [0.1, 0.15) is 21.6 Å². The first-order valence-corrected chi connectivity index (χ1v) is 3.23. The van der Waals surface area contributed by atoms with Crippen molar-refractivity contribution >= 4 is 5.97 Å². The maximum atomic E-state index is 10.4. The van der Waals surface area contributed by atoms with Crippen LogP contribution in [0.2, 0.25) is 0 Å². The number of aromatic carboxylic acids is 1. The Bertz CT molecular complexity index is 371. The van der Waals surface area contributed by atoms with Crippen LogP contribution >= 0.6 is 0 Å². The van der Waals surface area contributed by atoms with Crippen LogP contribution in [0.25, 0.3) is 0 Å². The Hall–Kier alpha value is -0.890. The molecule has 0 N–H and O–H groups in total. The Balaban J connectivity index is 0.00000144. The maximum Gasteiger partial charge on any atom is 1.00 e. The van der Waals surface area contributed by atoms with Crippen LogP contribution in [0.4, 0.5) is 0 Å². The van der Waals surface area contributed by atoms with Crippen molar-refractivity contribution in [3.8, 4) is 6.07 Å². The minimum atomic E-state index is -1.32. The monoisotopic (exact) mass is 184 g/mol. The third-order valence-corrected chi connectivity index (χ3v) is 1.40. The minimum absolute atomic E-state index is 0. The van der Waals surface area contributed by atoms with Crippen molar-refractivity contribution < 1.29 is 39.5 Å². The molecule has 60 valence electrons. The average Bonchev–Trinajstić information content (AvgIpc) is 2.03. The van der Waals surface area contributed by atoms with Crippen LogP contribution in [0, 0.1) is 18.3 Å². The van der Waals surface area contributed by atoms with Gasteiger partial charge in [-0.05, 0) is 18.6 Å². The van der Waals surface area contributed by atoms with E-state index in [1.807, 2.05) is 6.07 Å². The van der Waals surface area contributed by atoms with E-state index in [1.54, 1.807) is 6.92 Å². The van der Waals surface area contributed by atoms with Gasteiger partial charge in [-0.3, -0.25) is 4.98 Å². The molecule has 0 aliphatic rings. The predicted molar refractivity (Wildman–Crippen MR) is 38.0 cm³/mol. The first-order valence-electron chi connectivity index (χ1n) is 3.23. The minimum Gasteiger partial charge on any atom is -0.543 e. The summed E-state index contributed by atoms with van der Waals surface area (Å²) in [6.07, 6.45) is 1.21. The molecule has 0 spiro atoms. The van der Waals surface area contributed by atoms with Crippen LogP contribution < -0.4 is 34.7 Å². The number of hydrogen-bond donors (Lipinski definition) is 0. The summed E-state index contributed by atoms with van der Waals surface area (Å²) in [6.45, 7) is 1.57. The molecule has 1 aromatic heterocycles. The Morgan fingerprint density at radius 1 is 1.69 bits per heavy atom. The largest absolute Gasteiger partial charge is 1.00 e. The average molecular weight is 184 g/mol. The third kappa shape index (κ3) is 2.81. The molecule has 5 heteroatoms. The number of carbonyl (C=O) groups excluding carboxylic acids is 1. The summed E-state index contributed by atoms with van der Waals surface area (Å²) in [5.74, 6) is -1.32. The molecule has 0 saturated heterocycles. The fraction of sp³-hybridized carbons (Fsp3) is 0.125. The second-order valence-electron chi connectivity index (χ2n) is 2.29. The number of carboxylic acid groups (broad SMARTS) is 1. The first-order chi connectivity index (χ1) is 5.65. The summed E-state index contributed by atoms with van der Waals surface area (Å²) in [5.41, 5.74) is 0.667. The van der Waals surface area contributed by atoms with Gasteiger partial charge in [0.05, 0.1) is 17.2 Å². The van der Waals surface area contributed by atoms with E-state index in [2.05, 4.69) is 4.98 Å². The van der Waals surface area contributed by atoms with E-state index in [-0.39, 0.29) is 35.3 Å². The molecule has 0 aliphatic carbocycles. The summed E-state index contributed by atoms with van der Waals surface area (Å²) in [4.78, 5) is 13.9. The Morgan fingerprint density at radius 2 is 2.31 bits per heavy atom. The van der Waals surface area contributed by atoms with Gasteiger partial charge in [-0.2, -0.15) is 5.26 Å². The standard InChI is InChI=1S/C8H6N2O2.Na/c1-5-2-6(3-9)4-10-7(5)8(11)12;/h2,4H,1H3,(H,11,12);/q;+1/p-1. The molecule has 1 aromatic rings. The molecule has 0 bridgehead atoms. The number of carbonyl (C=O) groups is 1. The number of nitrogens with zero attached hydrogens (tertiary/aromatic N) is 2. The van der Waals surface area contributed by atoms with Gasteiger partial charge in [0.2, 0.25) is 0 Å². The summed E-state index contributed by atoms with van der Waals surface area (Å²) in [7, 11) is 0. The van der Waals surface area contributed by atoms with Crippen molar-refractivity contribution in [1.29, 1.82) is 5.26 Å². The number of nitriles is 1. The zero-order valence-electron chi connectivity index (χ0n) is 7.37. The van der Waals surface area contributed by atoms with E-state index in [0.29, 0.717) is 11.1 Å². The summed E-state index contributed by atoms with van der Waals surface area (Å²) in [5, 5.41) is 18.8. The van der Waals surface area contributed by atoms with Gasteiger partial charge in [0.15, 0.2) is 0 Å². The summed E-state index contributed by atoms with van der Waals surface area (Å²) < 4.78 is 0. The van der Waals surface area contributed by atoms with Crippen LogP contribution in [0.15, 0.2) is 12.3 Å². The van der Waals surface area contributed by atoms with Crippen molar-refractivity contribution in [2.24, 2.45) is 0 Å². The van der Waals surface area contributed by atoms with Gasteiger partial charge in [-0.15, -0.1) is 0 Å². The Labute approximate surface area is 97.5 Å². The zero-order chi connectivity index (χ0) is 9.14. The first kappa shape index (κ1) is 12.1. The van der Waals surface area contributed by atoms with Crippen LogP contribution in [0.3, 0.4) is 0 Å². The predicted octanol–water partition coefficient (Wildman–Crippen LogP) is -3.37. The van der Waals surface area contributed by atoms with Gasteiger partial charge in [-0.1, -0.05) is 0 Å². The second kappa shape index (κ2) is 4.97.